The lowest BCUT2D eigenvalue weighted by atomic mass is 9.90. The van der Waals surface area contributed by atoms with Crippen molar-refractivity contribution in [2.45, 2.75) is 42.5 Å². The van der Waals surface area contributed by atoms with E-state index in [2.05, 4.69) is 15.6 Å². The Labute approximate surface area is 322 Å². The second-order valence-electron chi connectivity index (χ2n) is 12.9. The highest BCUT2D eigenvalue weighted by Crippen LogP contribution is 2.53. The number of aliphatic hydroxyl groups excluding tert-OH is 1. The zero-order chi connectivity index (χ0) is 40.7. The average molecular weight is 826 g/mol. The molecule has 0 spiro atoms. The molecule has 0 aliphatic carbocycles. The van der Waals surface area contributed by atoms with E-state index in [1.807, 2.05) is 0 Å². The van der Waals surface area contributed by atoms with Crippen LogP contribution in [0.5, 0.6) is 11.5 Å². The number of fused-ring (bicyclic) bond motifs is 1. The Morgan fingerprint density at radius 1 is 1.15 bits per heavy atom. The smallest absolute Gasteiger partial charge is 0.350 e. The number of hydrogen-bond acceptors (Lipinski definition) is 17. The Bertz CT molecular complexity index is 2040. The summed E-state index contributed by atoms with van der Waals surface area (Å²) in [5.41, 5.74) is 5.14. The standard InChI is InChI=1S/C31H32ClN7O14S2/c1-30(2,26(48)49)53-36-20(15-10-54-28(33)34-15)17(42)8-14-24(47)37-11-31(27(50)51,55-25(14)37)38-5-6-39(29(38)52)35-23(46)12(9-40)7-18(43)21(44)13-3-4-16(41)22(45)19(13)32/h3-4,10,12,14,25,40-41,45H,5-9,11H2,1-2H3,(H2,33,34)(H,35,46)(H,48,49)(H,50,51)/b36-20-/t12-,14+,25+,31+/m0/s1. The number of carboxylic acid groups (broad SMARTS) is 2. The van der Waals surface area contributed by atoms with E-state index in [0.29, 0.717) is 0 Å². The van der Waals surface area contributed by atoms with Crippen molar-refractivity contribution >= 4 is 92.7 Å². The van der Waals surface area contributed by atoms with Crippen molar-refractivity contribution in [3.05, 3.63) is 33.8 Å². The van der Waals surface area contributed by atoms with Gasteiger partial charge in [0.1, 0.15) is 5.69 Å². The number of carbonyl (C=O) groups is 8. The van der Waals surface area contributed by atoms with Gasteiger partial charge in [-0.25, -0.2) is 24.4 Å². The first-order valence-corrected chi connectivity index (χ1v) is 18.1. The minimum atomic E-state index is -2.07. The molecule has 3 saturated heterocycles. The molecule has 4 heterocycles. The summed E-state index contributed by atoms with van der Waals surface area (Å²) in [6, 6.07) is 0.886. The number of β-lactam (4-membered cyclic amide) rings is 1. The molecule has 3 fully saturated rings. The number of aromatic nitrogens is 1. The first-order valence-electron chi connectivity index (χ1n) is 16.0. The molecule has 2 aromatic rings. The SMILES string of the molecule is CC(C)(O/N=C(\C(=O)C[C@@H]1C(=O)N2C[C@@](C(=O)O)(N3CCN(NC(=O)[C@H](CO)CC(=O)C(=O)c4ccc(O)c(O)c4Cl)C3=O)S[C@H]12)c1csc(N)n1)C(=O)O. The number of nitrogens with two attached hydrogens (primary N) is 1. The maximum Gasteiger partial charge on any atom is 0.350 e. The number of phenolic OH excluding ortho intramolecular Hbond substituents is 2. The molecule has 0 saturated carbocycles. The van der Waals surface area contributed by atoms with Crippen LogP contribution >= 0.6 is 34.7 Å². The highest BCUT2D eigenvalue weighted by Gasteiger charge is 2.66. The van der Waals surface area contributed by atoms with E-state index in [9.17, 15) is 63.9 Å². The number of thioether (sulfide) groups is 1. The van der Waals surface area contributed by atoms with Gasteiger partial charge in [-0.3, -0.25) is 34.3 Å². The maximum atomic E-state index is 13.6. The summed E-state index contributed by atoms with van der Waals surface area (Å²) in [6.45, 7) is 0.410. The van der Waals surface area contributed by atoms with Gasteiger partial charge in [-0.1, -0.05) is 28.5 Å². The molecular formula is C31H32ClN7O14S2. The van der Waals surface area contributed by atoms with Gasteiger partial charge in [-0.2, -0.15) is 0 Å². The van der Waals surface area contributed by atoms with Gasteiger partial charge in [0.05, 0.1) is 41.9 Å². The van der Waals surface area contributed by atoms with Gasteiger partial charge in [-0.05, 0) is 26.0 Å². The highest BCUT2D eigenvalue weighted by atomic mass is 35.5. The second-order valence-corrected chi connectivity index (χ2v) is 15.6. The fourth-order valence-corrected chi connectivity index (χ4v) is 8.20. The van der Waals surface area contributed by atoms with Crippen molar-refractivity contribution in [1.82, 2.24) is 25.2 Å². The number of anilines is 1. The van der Waals surface area contributed by atoms with Gasteiger partial charge in [0.2, 0.25) is 33.9 Å². The molecule has 8 N–H and O–H groups in total. The fraction of sp³-hybridized carbons (Fsp3) is 0.419. The first kappa shape index (κ1) is 40.7. The van der Waals surface area contributed by atoms with Crippen LogP contribution in [0, 0.1) is 11.8 Å². The number of aliphatic hydroxyl groups is 1. The Morgan fingerprint density at radius 2 is 1.84 bits per heavy atom. The molecule has 3 aliphatic heterocycles. The van der Waals surface area contributed by atoms with E-state index in [1.54, 1.807) is 0 Å². The summed E-state index contributed by atoms with van der Waals surface area (Å²) < 4.78 is 0. The topological polar surface area (TPSA) is 320 Å². The molecule has 3 aliphatic rings. The number of thiazole rings is 1. The summed E-state index contributed by atoms with van der Waals surface area (Å²) in [4.78, 5) is 112. The van der Waals surface area contributed by atoms with Gasteiger partial charge in [0, 0.05) is 30.3 Å². The lowest BCUT2D eigenvalue weighted by Gasteiger charge is -2.40. The lowest BCUT2D eigenvalue weighted by Crippen LogP contribution is -2.60. The summed E-state index contributed by atoms with van der Waals surface area (Å²) in [5, 5.41) is 53.4. The zero-order valence-corrected chi connectivity index (χ0v) is 31.0. The molecular weight excluding hydrogens is 794 g/mol. The number of urea groups is 1. The van der Waals surface area contributed by atoms with Crippen molar-refractivity contribution in [2.75, 3.05) is 32.0 Å². The van der Waals surface area contributed by atoms with Crippen LogP contribution < -0.4 is 11.2 Å². The number of phenols is 2. The van der Waals surface area contributed by atoms with E-state index in [1.165, 1.54) is 24.1 Å². The van der Waals surface area contributed by atoms with Crippen LogP contribution in [0.2, 0.25) is 5.02 Å². The summed E-state index contributed by atoms with van der Waals surface area (Å²) in [5.74, 6) is -12.0. The minimum Gasteiger partial charge on any atom is -0.504 e. The van der Waals surface area contributed by atoms with Gasteiger partial charge in [0.25, 0.3) is 0 Å². The number of Topliss-reactive ketones (excluding diaryl/α,β-unsaturated/α-hetero) is 3. The molecule has 4 atom stereocenters. The van der Waals surface area contributed by atoms with Gasteiger partial charge >= 0.3 is 18.0 Å². The van der Waals surface area contributed by atoms with Crippen molar-refractivity contribution in [3.8, 4) is 11.5 Å². The number of nitrogens with zero attached hydrogens (tertiary/aromatic N) is 5. The van der Waals surface area contributed by atoms with Crippen LogP contribution in [-0.4, -0.2) is 140 Å². The number of amides is 4. The molecule has 1 aromatic carbocycles. The fourth-order valence-electron chi connectivity index (χ4n) is 5.72. The van der Waals surface area contributed by atoms with Crippen LogP contribution in [0.4, 0.5) is 9.93 Å². The van der Waals surface area contributed by atoms with Crippen LogP contribution in [0.15, 0.2) is 22.7 Å². The molecule has 24 heteroatoms. The Balaban J connectivity index is 1.26. The quantitative estimate of drug-likeness (QED) is 0.0289. The number of nitrogens with one attached hydrogen (secondary N) is 1. The number of nitrogen functional groups attached to an aromatic ring is 1. The number of hydrogen-bond donors (Lipinski definition) is 7. The van der Waals surface area contributed by atoms with E-state index in [4.69, 9.17) is 22.2 Å². The molecule has 21 nitrogen and oxygen atoms in total. The van der Waals surface area contributed by atoms with E-state index in [-0.39, 0.29) is 23.9 Å². The maximum absolute atomic E-state index is 13.6. The van der Waals surface area contributed by atoms with Crippen molar-refractivity contribution < 1.29 is 68.7 Å². The molecule has 5 rings (SSSR count). The van der Waals surface area contributed by atoms with Crippen LogP contribution in [0.1, 0.15) is 42.7 Å². The molecule has 1 aromatic heterocycles. The molecule has 0 radical (unpaired) electrons. The summed E-state index contributed by atoms with van der Waals surface area (Å²) >= 11 is 7.54. The normalized spacial score (nSPS) is 21.5. The molecule has 294 valence electrons. The van der Waals surface area contributed by atoms with Crippen molar-refractivity contribution in [1.29, 1.82) is 0 Å². The summed E-state index contributed by atoms with van der Waals surface area (Å²) in [6.07, 6.45) is -1.37. The van der Waals surface area contributed by atoms with E-state index in [0.717, 1.165) is 45.1 Å². The molecule has 4 amide bonds. The Kier molecular flexibility index (Phi) is 11.3. The minimum absolute atomic E-state index is 0.0393. The van der Waals surface area contributed by atoms with Gasteiger partial charge in [0.15, 0.2) is 28.1 Å². The average Bonchev–Trinajstić information content (AvgIpc) is 3.83. The van der Waals surface area contributed by atoms with Crippen LogP contribution in [0.25, 0.3) is 0 Å². The Morgan fingerprint density at radius 3 is 2.44 bits per heavy atom. The number of oxime groups is 1. The first-order chi connectivity index (χ1) is 25.7. The number of hydrazine groups is 1. The number of carbonyl (C=O) groups excluding carboxylic acids is 6. The lowest BCUT2D eigenvalue weighted by molar-refractivity contribution is -0.161. The van der Waals surface area contributed by atoms with Gasteiger partial charge < -0.3 is 41.0 Å². The third-order valence-corrected chi connectivity index (χ3v) is 11.7. The third-order valence-electron chi connectivity index (χ3n) is 8.91. The monoisotopic (exact) mass is 825 g/mol. The number of aliphatic carboxylic acids is 2. The third kappa shape index (κ3) is 7.59. The largest absolute Gasteiger partial charge is 0.504 e. The van der Waals surface area contributed by atoms with Crippen LogP contribution in [-0.2, 0) is 33.6 Å². The number of benzene rings is 1. The second kappa shape index (κ2) is 15.3. The number of carboxylic acids is 2. The van der Waals surface area contributed by atoms with E-state index >= 15 is 0 Å². The number of rotatable bonds is 16. The van der Waals surface area contributed by atoms with Crippen LogP contribution in [0.3, 0.4) is 0 Å². The zero-order valence-electron chi connectivity index (χ0n) is 28.6. The number of ketones is 3. The van der Waals surface area contributed by atoms with Gasteiger partial charge in [-0.15, -0.1) is 11.3 Å². The van der Waals surface area contributed by atoms with Crippen molar-refractivity contribution in [3.63, 3.8) is 0 Å². The molecule has 0 bridgehead atoms. The predicted molar refractivity (Wildman–Crippen MR) is 189 cm³/mol. The predicted octanol–water partition coefficient (Wildman–Crippen LogP) is -0.135. The Hall–Kier alpha value is -5.52. The summed E-state index contributed by atoms with van der Waals surface area (Å²) in [7, 11) is 0. The number of aromatic hydroxyl groups is 2. The highest BCUT2D eigenvalue weighted by molar-refractivity contribution is 8.02. The molecule has 55 heavy (non-hydrogen) atoms. The van der Waals surface area contributed by atoms with E-state index < -0.39 is 129 Å². The molecule has 0 unspecified atom stereocenters. The number of halogens is 1. The van der Waals surface area contributed by atoms with Crippen molar-refractivity contribution in [2.24, 2.45) is 17.0 Å².